The van der Waals surface area contributed by atoms with E-state index in [0.717, 1.165) is 16.0 Å². The Kier molecular flexibility index (Phi) is 11.0. The summed E-state index contributed by atoms with van der Waals surface area (Å²) in [5.41, 5.74) is 3.16. The highest BCUT2D eigenvalue weighted by atomic mass is 32.2. The largest absolute Gasteiger partial charge is 0.478 e. The van der Waals surface area contributed by atoms with E-state index in [2.05, 4.69) is 17.6 Å². The van der Waals surface area contributed by atoms with Gasteiger partial charge in [0.2, 0.25) is 0 Å². The second-order valence-electron chi connectivity index (χ2n) is 9.70. The zero-order chi connectivity index (χ0) is 30.1. The number of carboxylic acid groups (broad SMARTS) is 1. The summed E-state index contributed by atoms with van der Waals surface area (Å²) in [5, 5.41) is 23.8. The Morgan fingerprint density at radius 2 is 1.71 bits per heavy atom. The zero-order valence-electron chi connectivity index (χ0n) is 23.3. The number of hydrogen-bond acceptors (Lipinski definition) is 8. The summed E-state index contributed by atoms with van der Waals surface area (Å²) in [6.07, 6.45) is -1.30. The van der Waals surface area contributed by atoms with E-state index in [4.69, 9.17) is 14.2 Å². The lowest BCUT2D eigenvalue weighted by atomic mass is 9.91. The number of anilines is 1. The van der Waals surface area contributed by atoms with E-state index in [0.29, 0.717) is 17.0 Å². The number of aliphatic hydroxyl groups excluding tert-OH is 1. The SMILES string of the molecule is CCOC(=O)CNC(=O)Nc1cccc(C2OC(CSc3ccc(C(=O)O)cc3)C(C)C(c3ccc(CO)cc3)O2)c1. The van der Waals surface area contributed by atoms with E-state index >= 15 is 0 Å². The maximum absolute atomic E-state index is 12.3. The van der Waals surface area contributed by atoms with Crippen molar-refractivity contribution in [2.24, 2.45) is 5.92 Å². The lowest BCUT2D eigenvalue weighted by molar-refractivity contribution is -0.268. The van der Waals surface area contributed by atoms with Gasteiger partial charge >= 0.3 is 18.0 Å². The standard InChI is InChI=1S/C31H34N2O8S/c1-3-39-27(35)16-32-31(38)33-24-6-4-5-23(15-24)30-40-26(18-42-25-13-11-22(12-14-25)29(36)37)19(2)28(41-30)21-9-7-20(17-34)8-10-21/h4-15,19,26,28,30,34H,3,16-18H2,1-2H3,(H,36,37)(H2,32,33,38). The average molecular weight is 595 g/mol. The van der Waals surface area contributed by atoms with Crippen LogP contribution in [0.4, 0.5) is 10.5 Å². The Bertz CT molecular complexity index is 1370. The monoisotopic (exact) mass is 594 g/mol. The smallest absolute Gasteiger partial charge is 0.335 e. The van der Waals surface area contributed by atoms with Crippen LogP contribution in [0.3, 0.4) is 0 Å². The quantitative estimate of drug-likeness (QED) is 0.175. The molecule has 1 aliphatic heterocycles. The van der Waals surface area contributed by atoms with Crippen LogP contribution in [0.25, 0.3) is 0 Å². The van der Waals surface area contributed by atoms with Crippen molar-refractivity contribution < 1.29 is 38.8 Å². The minimum atomic E-state index is -0.973. The highest BCUT2D eigenvalue weighted by Gasteiger charge is 2.38. The van der Waals surface area contributed by atoms with Gasteiger partial charge in [-0.3, -0.25) is 4.79 Å². The molecular weight excluding hydrogens is 560 g/mol. The molecule has 0 aliphatic carbocycles. The van der Waals surface area contributed by atoms with E-state index in [1.807, 2.05) is 30.3 Å². The second-order valence-corrected chi connectivity index (χ2v) is 10.8. The maximum Gasteiger partial charge on any atom is 0.335 e. The van der Waals surface area contributed by atoms with Gasteiger partial charge < -0.3 is 35.1 Å². The predicted molar refractivity (Wildman–Crippen MR) is 157 cm³/mol. The van der Waals surface area contributed by atoms with E-state index in [-0.39, 0.29) is 43.4 Å². The molecule has 0 radical (unpaired) electrons. The first-order valence-electron chi connectivity index (χ1n) is 13.5. The van der Waals surface area contributed by atoms with E-state index in [1.165, 1.54) is 0 Å². The van der Waals surface area contributed by atoms with Gasteiger partial charge in [0.15, 0.2) is 6.29 Å². The van der Waals surface area contributed by atoms with Gasteiger partial charge in [0.1, 0.15) is 6.54 Å². The maximum atomic E-state index is 12.3. The number of urea groups is 1. The van der Waals surface area contributed by atoms with Crippen LogP contribution in [-0.4, -0.2) is 53.2 Å². The first kappa shape index (κ1) is 31.0. The number of esters is 1. The van der Waals surface area contributed by atoms with Gasteiger partial charge in [-0.05, 0) is 54.4 Å². The van der Waals surface area contributed by atoms with Gasteiger partial charge in [0.25, 0.3) is 0 Å². The van der Waals surface area contributed by atoms with Crippen molar-refractivity contribution in [3.63, 3.8) is 0 Å². The van der Waals surface area contributed by atoms with E-state index in [1.54, 1.807) is 61.2 Å². The third kappa shape index (κ3) is 8.32. The molecule has 0 saturated carbocycles. The van der Waals surface area contributed by atoms with Crippen LogP contribution in [0, 0.1) is 5.92 Å². The Morgan fingerprint density at radius 1 is 0.976 bits per heavy atom. The second kappa shape index (κ2) is 14.8. The number of carboxylic acids is 1. The molecule has 3 aromatic carbocycles. The summed E-state index contributed by atoms with van der Waals surface area (Å²) in [6, 6.07) is 20.9. The van der Waals surface area contributed by atoms with Crippen LogP contribution < -0.4 is 10.6 Å². The van der Waals surface area contributed by atoms with Crippen molar-refractivity contribution in [2.45, 2.75) is 43.8 Å². The minimum absolute atomic E-state index is 0.0398. The van der Waals surface area contributed by atoms with Gasteiger partial charge in [0.05, 0.1) is 31.0 Å². The fourth-order valence-corrected chi connectivity index (χ4v) is 5.55. The Balaban J connectivity index is 1.51. The number of aliphatic hydroxyl groups is 1. The predicted octanol–water partition coefficient (Wildman–Crippen LogP) is 5.15. The number of carbonyl (C=O) groups is 3. The number of carbonyl (C=O) groups excluding carboxylic acids is 2. The van der Waals surface area contributed by atoms with Crippen LogP contribution in [-0.2, 0) is 25.6 Å². The van der Waals surface area contributed by atoms with Crippen LogP contribution in [0.1, 0.15) is 53.3 Å². The molecule has 4 rings (SSSR count). The Labute approximate surface area is 248 Å². The fraction of sp³-hybridized carbons (Fsp3) is 0.323. The number of ether oxygens (including phenoxy) is 3. The van der Waals surface area contributed by atoms with Gasteiger partial charge in [-0.25, -0.2) is 9.59 Å². The van der Waals surface area contributed by atoms with E-state index < -0.39 is 24.3 Å². The van der Waals surface area contributed by atoms with Gasteiger partial charge in [-0.15, -0.1) is 11.8 Å². The molecule has 1 saturated heterocycles. The van der Waals surface area contributed by atoms with Crippen molar-refractivity contribution in [3.8, 4) is 0 Å². The third-order valence-electron chi connectivity index (χ3n) is 6.75. The lowest BCUT2D eigenvalue weighted by Gasteiger charge is -2.41. The van der Waals surface area contributed by atoms with Crippen molar-refractivity contribution >= 4 is 35.4 Å². The molecular formula is C31H34N2O8S. The summed E-state index contributed by atoms with van der Waals surface area (Å²) in [7, 11) is 0. The topological polar surface area (TPSA) is 143 Å². The van der Waals surface area contributed by atoms with Gasteiger partial charge in [0, 0.05) is 27.8 Å². The van der Waals surface area contributed by atoms with Crippen LogP contribution in [0.2, 0.25) is 0 Å². The molecule has 222 valence electrons. The summed E-state index contributed by atoms with van der Waals surface area (Å²) in [5.74, 6) is -0.951. The fourth-order valence-electron chi connectivity index (χ4n) is 4.48. The number of rotatable bonds is 11. The highest BCUT2D eigenvalue weighted by molar-refractivity contribution is 7.99. The summed E-state index contributed by atoms with van der Waals surface area (Å²) < 4.78 is 17.8. The minimum Gasteiger partial charge on any atom is -0.478 e. The molecule has 42 heavy (non-hydrogen) atoms. The first-order chi connectivity index (χ1) is 20.3. The number of amides is 2. The summed E-state index contributed by atoms with van der Waals surface area (Å²) in [4.78, 5) is 36.0. The molecule has 0 bridgehead atoms. The molecule has 0 spiro atoms. The lowest BCUT2D eigenvalue weighted by Crippen LogP contribution is -2.38. The normalized spacial score (nSPS) is 20.0. The van der Waals surface area contributed by atoms with Crippen molar-refractivity contribution in [1.82, 2.24) is 5.32 Å². The Morgan fingerprint density at radius 3 is 2.38 bits per heavy atom. The van der Waals surface area contributed by atoms with Gasteiger partial charge in [-0.1, -0.05) is 43.3 Å². The van der Waals surface area contributed by atoms with Gasteiger partial charge in [-0.2, -0.15) is 0 Å². The number of hydrogen-bond donors (Lipinski definition) is 4. The van der Waals surface area contributed by atoms with Crippen molar-refractivity contribution in [3.05, 3.63) is 95.1 Å². The van der Waals surface area contributed by atoms with Crippen molar-refractivity contribution in [2.75, 3.05) is 24.2 Å². The van der Waals surface area contributed by atoms with Crippen molar-refractivity contribution in [1.29, 1.82) is 0 Å². The van der Waals surface area contributed by atoms with Crippen LogP contribution in [0.15, 0.2) is 77.7 Å². The molecule has 0 aromatic heterocycles. The molecule has 1 heterocycles. The molecule has 4 N–H and O–H groups in total. The average Bonchev–Trinajstić information content (AvgIpc) is 3.00. The number of aromatic carboxylic acids is 1. The van der Waals surface area contributed by atoms with E-state index in [9.17, 15) is 24.6 Å². The third-order valence-corrected chi connectivity index (χ3v) is 7.85. The van der Waals surface area contributed by atoms with Crippen LogP contribution >= 0.6 is 11.8 Å². The number of nitrogens with one attached hydrogen (secondary N) is 2. The molecule has 1 fully saturated rings. The molecule has 10 nitrogen and oxygen atoms in total. The Hall–Kier alpha value is -3.90. The molecule has 1 aliphatic rings. The number of benzene rings is 3. The number of thioether (sulfide) groups is 1. The molecule has 3 aromatic rings. The zero-order valence-corrected chi connectivity index (χ0v) is 24.1. The summed E-state index contributed by atoms with van der Waals surface area (Å²) >= 11 is 1.56. The molecule has 4 atom stereocenters. The summed E-state index contributed by atoms with van der Waals surface area (Å²) in [6.45, 7) is 3.68. The molecule has 11 heteroatoms. The van der Waals surface area contributed by atoms with Crippen LogP contribution in [0.5, 0.6) is 0 Å². The first-order valence-corrected chi connectivity index (χ1v) is 14.5. The molecule has 4 unspecified atom stereocenters. The molecule has 2 amide bonds. The highest BCUT2D eigenvalue weighted by Crippen LogP contribution is 2.43.